The molecule has 2 aromatic carbocycles. The van der Waals surface area contributed by atoms with E-state index in [-0.39, 0.29) is 17.2 Å². The van der Waals surface area contributed by atoms with Crippen LogP contribution in [0.15, 0.2) is 54.8 Å². The number of nitrogens with zero attached hydrogens (tertiary/aromatic N) is 1. The molecule has 0 aromatic heterocycles. The molecule has 2 aromatic rings. The summed E-state index contributed by atoms with van der Waals surface area (Å²) in [5.74, 6) is -0.950. The van der Waals surface area contributed by atoms with E-state index in [1.807, 2.05) is 0 Å². The maximum absolute atomic E-state index is 13.9. The molecule has 1 heterocycles. The average molecular weight is 448 g/mol. The second kappa shape index (κ2) is 8.22. The maximum Gasteiger partial charge on any atom is 0.418 e. The highest BCUT2D eigenvalue weighted by Gasteiger charge is 2.40. The molecule has 0 unspecified atom stereocenters. The van der Waals surface area contributed by atoms with Gasteiger partial charge in [0, 0.05) is 6.07 Å². The molecule has 1 N–H and O–H groups in total. The van der Waals surface area contributed by atoms with Gasteiger partial charge in [0.1, 0.15) is 5.60 Å². The predicted molar refractivity (Wildman–Crippen MR) is 113 cm³/mol. The van der Waals surface area contributed by atoms with Crippen molar-refractivity contribution in [1.82, 2.24) is 0 Å². The molecule has 1 atom stereocenters. The van der Waals surface area contributed by atoms with Crippen LogP contribution in [0.4, 0.5) is 29.3 Å². The van der Waals surface area contributed by atoms with Crippen LogP contribution >= 0.6 is 0 Å². The molecular weight excluding hydrogens is 425 g/mol. The number of fused-ring (bicyclic) bond motifs is 1. The lowest BCUT2D eigenvalue weighted by atomic mass is 10.0. The standard InChI is InChI=1S/C23H23F3N2O4/c1-13(15-9-7-6-8-10-15)28-18-11-16(23(24,25)26)17(27-21(30)32-22(3,4)5)12-19(18)31-14(2)20(28)29/h6-13H,2H2,1,3-5H3,(H,27,30)/t13-/m0/s1. The molecule has 9 heteroatoms. The zero-order valence-corrected chi connectivity index (χ0v) is 18.0. The Balaban J connectivity index is 2.11. The highest BCUT2D eigenvalue weighted by molar-refractivity contribution is 6.08. The summed E-state index contributed by atoms with van der Waals surface area (Å²) in [6.45, 7) is 10.0. The summed E-state index contributed by atoms with van der Waals surface area (Å²) in [5.41, 5.74) is -1.97. The van der Waals surface area contributed by atoms with Gasteiger partial charge in [0.15, 0.2) is 11.5 Å². The van der Waals surface area contributed by atoms with Gasteiger partial charge in [-0.3, -0.25) is 15.0 Å². The van der Waals surface area contributed by atoms with Gasteiger partial charge in [0.25, 0.3) is 5.91 Å². The van der Waals surface area contributed by atoms with Crippen LogP contribution in [0.5, 0.6) is 5.75 Å². The highest BCUT2D eigenvalue weighted by atomic mass is 19.4. The van der Waals surface area contributed by atoms with Crippen LogP contribution < -0.4 is 15.0 Å². The fourth-order valence-electron chi connectivity index (χ4n) is 3.28. The van der Waals surface area contributed by atoms with Crippen LogP contribution in [0.25, 0.3) is 0 Å². The van der Waals surface area contributed by atoms with E-state index < -0.39 is 41.1 Å². The summed E-state index contributed by atoms with van der Waals surface area (Å²) in [6, 6.07) is 10.0. The zero-order chi connectivity index (χ0) is 23.8. The molecule has 1 aliphatic heterocycles. The van der Waals surface area contributed by atoms with E-state index in [0.717, 1.165) is 12.1 Å². The number of anilines is 2. The number of benzene rings is 2. The Hall–Kier alpha value is -3.49. The SMILES string of the molecule is C=C1Oc2cc(NC(=O)OC(C)(C)C)c(C(F)(F)F)cc2N([C@@H](C)c2ccccc2)C1=O. The molecule has 0 radical (unpaired) electrons. The van der Waals surface area contributed by atoms with Crippen molar-refractivity contribution in [3.8, 4) is 5.75 Å². The molecular formula is C23H23F3N2O4. The van der Waals surface area contributed by atoms with Crippen molar-refractivity contribution in [3.05, 3.63) is 65.9 Å². The quantitative estimate of drug-likeness (QED) is 0.580. The molecule has 1 aliphatic rings. The Kier molecular flexibility index (Phi) is 5.95. The summed E-state index contributed by atoms with van der Waals surface area (Å²) in [6.07, 6.45) is -5.87. The predicted octanol–water partition coefficient (Wildman–Crippen LogP) is 6.05. The van der Waals surface area contributed by atoms with Gasteiger partial charge >= 0.3 is 12.3 Å². The van der Waals surface area contributed by atoms with Crippen LogP contribution in [-0.2, 0) is 15.7 Å². The summed E-state index contributed by atoms with van der Waals surface area (Å²) in [4.78, 5) is 26.1. The minimum absolute atomic E-state index is 0.0450. The summed E-state index contributed by atoms with van der Waals surface area (Å²) in [7, 11) is 0. The van der Waals surface area contributed by atoms with Crippen LogP contribution in [0, 0.1) is 0 Å². The number of amides is 2. The lowest BCUT2D eigenvalue weighted by Gasteiger charge is -2.35. The molecule has 0 fully saturated rings. The molecule has 2 amide bonds. The minimum Gasteiger partial charge on any atom is -0.450 e. The van der Waals surface area contributed by atoms with Gasteiger partial charge < -0.3 is 9.47 Å². The van der Waals surface area contributed by atoms with Crippen LogP contribution in [0.1, 0.15) is 44.9 Å². The van der Waals surface area contributed by atoms with Gasteiger partial charge in [-0.15, -0.1) is 0 Å². The first-order chi connectivity index (χ1) is 14.8. The summed E-state index contributed by atoms with van der Waals surface area (Å²) >= 11 is 0. The lowest BCUT2D eigenvalue weighted by molar-refractivity contribution is -0.137. The third-order valence-corrected chi connectivity index (χ3v) is 4.66. The van der Waals surface area contributed by atoms with Crippen LogP contribution in [0.3, 0.4) is 0 Å². The first kappa shape index (κ1) is 23.2. The van der Waals surface area contributed by atoms with Crippen LogP contribution in [0.2, 0.25) is 0 Å². The van der Waals surface area contributed by atoms with E-state index in [9.17, 15) is 22.8 Å². The van der Waals surface area contributed by atoms with E-state index in [0.29, 0.717) is 5.56 Å². The number of halogens is 3. The molecule has 6 nitrogen and oxygen atoms in total. The largest absolute Gasteiger partial charge is 0.450 e. The van der Waals surface area contributed by atoms with Crippen molar-refractivity contribution >= 4 is 23.4 Å². The summed E-state index contributed by atoms with van der Waals surface area (Å²) in [5, 5.41) is 2.13. The Morgan fingerprint density at radius 3 is 2.34 bits per heavy atom. The van der Waals surface area contributed by atoms with Gasteiger partial charge in [-0.05, 0) is 39.3 Å². The topological polar surface area (TPSA) is 67.9 Å². The van der Waals surface area contributed by atoms with E-state index in [2.05, 4.69) is 11.9 Å². The fourth-order valence-corrected chi connectivity index (χ4v) is 3.28. The second-order valence-electron chi connectivity index (χ2n) is 8.28. The normalized spacial score (nSPS) is 15.0. The Morgan fingerprint density at radius 1 is 1.16 bits per heavy atom. The first-order valence-corrected chi connectivity index (χ1v) is 9.78. The number of rotatable bonds is 3. The van der Waals surface area contributed by atoms with E-state index in [4.69, 9.17) is 9.47 Å². The Morgan fingerprint density at radius 2 is 1.78 bits per heavy atom. The van der Waals surface area contributed by atoms with Crippen molar-refractivity contribution in [1.29, 1.82) is 0 Å². The number of ether oxygens (including phenoxy) is 2. The van der Waals surface area contributed by atoms with E-state index in [1.165, 1.54) is 4.90 Å². The van der Waals surface area contributed by atoms with Crippen molar-refractivity contribution in [2.24, 2.45) is 0 Å². The van der Waals surface area contributed by atoms with Gasteiger partial charge in [0.2, 0.25) is 0 Å². The number of hydrogen-bond acceptors (Lipinski definition) is 4. The van der Waals surface area contributed by atoms with Crippen molar-refractivity contribution in [3.63, 3.8) is 0 Å². The molecule has 170 valence electrons. The van der Waals surface area contributed by atoms with Crippen LogP contribution in [-0.4, -0.2) is 17.6 Å². The van der Waals surface area contributed by atoms with Crippen molar-refractivity contribution < 1.29 is 32.2 Å². The molecule has 0 aliphatic carbocycles. The number of hydrogen-bond donors (Lipinski definition) is 1. The average Bonchev–Trinajstić information content (AvgIpc) is 2.66. The third kappa shape index (κ3) is 4.87. The number of carbonyl (C=O) groups excluding carboxylic acids is 2. The van der Waals surface area contributed by atoms with E-state index in [1.54, 1.807) is 58.0 Å². The lowest BCUT2D eigenvalue weighted by Crippen LogP contribution is -2.39. The highest BCUT2D eigenvalue weighted by Crippen LogP contribution is 2.46. The second-order valence-corrected chi connectivity index (χ2v) is 8.28. The molecule has 32 heavy (non-hydrogen) atoms. The summed E-state index contributed by atoms with van der Waals surface area (Å²) < 4.78 is 52.1. The Bertz CT molecular complexity index is 1060. The van der Waals surface area contributed by atoms with Crippen molar-refractivity contribution in [2.45, 2.75) is 45.5 Å². The van der Waals surface area contributed by atoms with Gasteiger partial charge in [-0.1, -0.05) is 36.9 Å². The smallest absolute Gasteiger partial charge is 0.418 e. The third-order valence-electron chi connectivity index (χ3n) is 4.66. The maximum atomic E-state index is 13.9. The molecule has 0 spiro atoms. The number of carbonyl (C=O) groups is 2. The molecule has 0 bridgehead atoms. The zero-order valence-electron chi connectivity index (χ0n) is 18.0. The fraction of sp³-hybridized carbons (Fsp3) is 0.304. The van der Waals surface area contributed by atoms with E-state index >= 15 is 0 Å². The first-order valence-electron chi connectivity index (χ1n) is 9.78. The van der Waals surface area contributed by atoms with Crippen molar-refractivity contribution in [2.75, 3.05) is 10.2 Å². The van der Waals surface area contributed by atoms with Gasteiger partial charge in [-0.25, -0.2) is 4.79 Å². The molecule has 3 rings (SSSR count). The minimum atomic E-state index is -4.82. The monoisotopic (exact) mass is 448 g/mol. The Labute approximate surface area is 183 Å². The number of nitrogens with one attached hydrogen (secondary N) is 1. The number of alkyl halides is 3. The molecule has 0 saturated heterocycles. The molecule has 0 saturated carbocycles. The van der Waals surface area contributed by atoms with Gasteiger partial charge in [-0.2, -0.15) is 13.2 Å². The van der Waals surface area contributed by atoms with Gasteiger partial charge in [0.05, 0.1) is 23.0 Å².